The van der Waals surface area contributed by atoms with Gasteiger partial charge >= 0.3 is 11.9 Å². The molecule has 14 heteroatoms. The fraction of sp³-hybridized carbons (Fsp3) is 0.429. The summed E-state index contributed by atoms with van der Waals surface area (Å²) in [7, 11) is 2.16. The molecule has 28 heavy (non-hydrogen) atoms. The van der Waals surface area contributed by atoms with Crippen molar-refractivity contribution < 1.29 is 19.1 Å². The molecule has 14 nitrogen and oxygen atoms in total. The number of rotatable bonds is 11. The number of hydrogen-bond acceptors (Lipinski definition) is 10. The average Bonchev–Trinajstić information content (AvgIpc) is 2.70. The number of azide groups is 2. The van der Waals surface area contributed by atoms with E-state index in [1.165, 1.54) is 0 Å². The minimum atomic E-state index is -0.949. The lowest BCUT2D eigenvalue weighted by atomic mass is 10.2. The predicted octanol–water partition coefficient (Wildman–Crippen LogP) is 1.38. The van der Waals surface area contributed by atoms with E-state index in [4.69, 9.17) is 21.6 Å². The summed E-state index contributed by atoms with van der Waals surface area (Å²) in [5.41, 5.74) is 16.1. The molecule has 0 unspecified atom stereocenters. The van der Waals surface area contributed by atoms with Gasteiger partial charge in [0.15, 0.2) is 11.1 Å². The highest BCUT2D eigenvalue weighted by Crippen LogP contribution is 2.07. The highest BCUT2D eigenvalue weighted by Gasteiger charge is 2.16. The molecule has 0 heterocycles. The Hall–Kier alpha value is -4.38. The second-order valence-electron chi connectivity index (χ2n) is 4.59. The number of ether oxygens (including phenoxy) is 2. The van der Waals surface area contributed by atoms with E-state index in [0.717, 1.165) is 14.2 Å². The predicted molar refractivity (Wildman–Crippen MR) is 92.8 cm³/mol. The molecule has 0 bridgehead atoms. The van der Waals surface area contributed by atoms with Gasteiger partial charge in [-0.15, -0.1) is 0 Å². The van der Waals surface area contributed by atoms with E-state index in [1.807, 2.05) is 0 Å². The Labute approximate surface area is 159 Å². The van der Waals surface area contributed by atoms with Crippen molar-refractivity contribution in [1.29, 1.82) is 10.5 Å². The SMILES string of the molecule is COC(=O)/C(C#N)=C(/N=[N+]=[N-])NCCCCN/C(N=[N+]=[N-])=C(/C#N)C(=O)OC. The van der Waals surface area contributed by atoms with E-state index in [1.54, 1.807) is 12.1 Å². The number of unbranched alkanes of at least 4 members (excludes halogenated alkanes) is 1. The van der Waals surface area contributed by atoms with Crippen molar-refractivity contribution in [2.75, 3.05) is 27.3 Å². The smallest absolute Gasteiger partial charge is 0.350 e. The van der Waals surface area contributed by atoms with Crippen LogP contribution in [0.3, 0.4) is 0 Å². The summed E-state index contributed by atoms with van der Waals surface area (Å²) in [5.74, 6) is -2.43. The topological polar surface area (TPSA) is 222 Å². The van der Waals surface area contributed by atoms with Gasteiger partial charge in [0, 0.05) is 22.9 Å². The molecule has 0 fully saturated rings. The van der Waals surface area contributed by atoms with Crippen LogP contribution in [-0.2, 0) is 19.1 Å². The van der Waals surface area contributed by atoms with Crippen LogP contribution in [0.4, 0.5) is 0 Å². The number of hydrogen-bond donors (Lipinski definition) is 2. The van der Waals surface area contributed by atoms with Gasteiger partial charge in [-0.1, -0.05) is 0 Å². The summed E-state index contributed by atoms with van der Waals surface area (Å²) in [5, 5.41) is 29.7. The zero-order valence-corrected chi connectivity index (χ0v) is 15.0. The van der Waals surface area contributed by atoms with Crippen molar-refractivity contribution in [3.8, 4) is 12.1 Å². The molecule has 0 aliphatic carbocycles. The van der Waals surface area contributed by atoms with Crippen LogP contribution in [0.5, 0.6) is 0 Å². The molecule has 0 radical (unpaired) electrons. The molecule has 0 aliphatic heterocycles. The van der Waals surface area contributed by atoms with Crippen molar-refractivity contribution >= 4 is 11.9 Å². The monoisotopic (exact) mass is 388 g/mol. The van der Waals surface area contributed by atoms with Crippen LogP contribution in [-0.4, -0.2) is 39.2 Å². The van der Waals surface area contributed by atoms with Gasteiger partial charge in [-0.05, 0) is 34.1 Å². The Bertz CT molecular complexity index is 765. The van der Waals surface area contributed by atoms with Crippen molar-refractivity contribution in [3.63, 3.8) is 0 Å². The maximum absolute atomic E-state index is 11.5. The largest absolute Gasteiger partial charge is 0.465 e. The van der Waals surface area contributed by atoms with Crippen LogP contribution in [0.25, 0.3) is 20.9 Å². The number of methoxy groups -OCH3 is 2. The molecule has 0 aromatic carbocycles. The fourth-order valence-corrected chi connectivity index (χ4v) is 1.70. The van der Waals surface area contributed by atoms with Crippen molar-refractivity contribution in [2.24, 2.45) is 10.2 Å². The number of nitrogens with one attached hydrogen (secondary N) is 2. The van der Waals surface area contributed by atoms with Gasteiger partial charge in [0.05, 0.1) is 14.2 Å². The number of nitriles is 2. The van der Waals surface area contributed by atoms with E-state index in [9.17, 15) is 9.59 Å². The molecular formula is C14H16N10O4. The molecule has 0 amide bonds. The van der Waals surface area contributed by atoms with Crippen LogP contribution in [0.1, 0.15) is 12.8 Å². The molecule has 146 valence electrons. The third kappa shape index (κ3) is 7.67. The Morgan fingerprint density at radius 3 is 1.50 bits per heavy atom. The van der Waals surface area contributed by atoms with E-state index < -0.39 is 23.1 Å². The highest BCUT2D eigenvalue weighted by molar-refractivity contribution is 5.93. The van der Waals surface area contributed by atoms with E-state index in [0.29, 0.717) is 12.8 Å². The summed E-state index contributed by atoms with van der Waals surface area (Å²) in [6.45, 7) is 0.446. The summed E-state index contributed by atoms with van der Waals surface area (Å²) in [4.78, 5) is 28.0. The van der Waals surface area contributed by atoms with Crippen molar-refractivity contribution in [3.05, 3.63) is 43.7 Å². The van der Waals surface area contributed by atoms with Crippen molar-refractivity contribution in [2.45, 2.75) is 12.8 Å². The van der Waals surface area contributed by atoms with E-state index >= 15 is 0 Å². The van der Waals surface area contributed by atoms with Gasteiger partial charge in [-0.2, -0.15) is 10.5 Å². The third-order valence-electron chi connectivity index (χ3n) is 2.95. The second-order valence-corrected chi connectivity index (χ2v) is 4.59. The van der Waals surface area contributed by atoms with Gasteiger partial charge in [-0.3, -0.25) is 0 Å². The Balaban J connectivity index is 4.86. The quantitative estimate of drug-likeness (QED) is 0.0997. The molecule has 0 atom stereocenters. The lowest BCUT2D eigenvalue weighted by molar-refractivity contribution is -0.136. The lowest BCUT2D eigenvalue weighted by Gasteiger charge is -2.09. The number of carbonyl (C=O) groups excluding carboxylic acids is 2. The second kappa shape index (κ2) is 13.9. The molecule has 0 aromatic heterocycles. The summed E-state index contributed by atoms with van der Waals surface area (Å²) >= 11 is 0. The first-order chi connectivity index (χ1) is 13.5. The third-order valence-corrected chi connectivity index (χ3v) is 2.95. The molecule has 0 saturated heterocycles. The normalized spacial score (nSPS) is 11.0. The van der Waals surface area contributed by atoms with Crippen LogP contribution < -0.4 is 10.6 Å². The number of nitrogens with zero attached hydrogens (tertiary/aromatic N) is 8. The van der Waals surface area contributed by atoms with Crippen LogP contribution in [0.2, 0.25) is 0 Å². The standard InChI is InChI=1S/C14H16N10O4/c1-27-13(25)9(7-15)11(21-23-17)19-5-3-4-6-20-12(22-24-18)10(8-16)14(26)28-2/h19-20H,3-6H2,1-2H3/b11-9+,12-10+. The molecule has 2 N–H and O–H groups in total. The number of esters is 2. The van der Waals surface area contributed by atoms with Crippen LogP contribution in [0.15, 0.2) is 33.0 Å². The summed E-state index contributed by atoms with van der Waals surface area (Å²) < 4.78 is 8.85. The van der Waals surface area contributed by atoms with E-state index in [-0.39, 0.29) is 24.7 Å². The van der Waals surface area contributed by atoms with Crippen LogP contribution >= 0.6 is 0 Å². The van der Waals surface area contributed by atoms with Crippen molar-refractivity contribution in [1.82, 2.24) is 10.6 Å². The molecule has 0 saturated carbocycles. The summed E-state index contributed by atoms with van der Waals surface area (Å²) in [6, 6.07) is 3.18. The van der Waals surface area contributed by atoms with E-state index in [2.05, 4.69) is 40.2 Å². The Morgan fingerprint density at radius 2 is 1.25 bits per heavy atom. The lowest BCUT2D eigenvalue weighted by Crippen LogP contribution is -2.21. The molecule has 0 aromatic rings. The molecule has 0 rings (SSSR count). The zero-order chi connectivity index (χ0) is 21.4. The minimum Gasteiger partial charge on any atom is -0.465 e. The van der Waals surface area contributed by atoms with Gasteiger partial charge in [0.2, 0.25) is 0 Å². The highest BCUT2D eigenvalue weighted by atomic mass is 16.5. The first-order valence-corrected chi connectivity index (χ1v) is 7.53. The average molecular weight is 388 g/mol. The van der Waals surface area contributed by atoms with Crippen LogP contribution in [0, 0.1) is 22.7 Å². The summed E-state index contributed by atoms with van der Waals surface area (Å²) in [6.07, 6.45) is 0.919. The van der Waals surface area contributed by atoms with Gasteiger partial charge in [0.1, 0.15) is 23.8 Å². The zero-order valence-electron chi connectivity index (χ0n) is 15.0. The maximum Gasteiger partial charge on any atom is 0.350 e. The molecular weight excluding hydrogens is 372 g/mol. The van der Waals surface area contributed by atoms with Gasteiger partial charge < -0.3 is 20.1 Å². The van der Waals surface area contributed by atoms with Gasteiger partial charge in [-0.25, -0.2) is 9.59 Å². The molecule has 0 aliphatic rings. The molecule has 0 spiro atoms. The Kier molecular flexibility index (Phi) is 11.7. The van der Waals surface area contributed by atoms with Gasteiger partial charge in [0.25, 0.3) is 0 Å². The number of carbonyl (C=O) groups is 2. The first kappa shape index (κ1) is 23.6. The minimum absolute atomic E-state index is 0.223. The first-order valence-electron chi connectivity index (χ1n) is 7.53. The maximum atomic E-state index is 11.5. The fourth-order valence-electron chi connectivity index (χ4n) is 1.70. The Morgan fingerprint density at radius 1 is 0.893 bits per heavy atom.